The van der Waals surface area contributed by atoms with Crippen LogP contribution in [0.2, 0.25) is 0 Å². The van der Waals surface area contributed by atoms with Crippen LogP contribution >= 0.6 is 0 Å². The number of ether oxygens (including phenoxy) is 2. The number of carbonyl (C=O) groups is 1. The Morgan fingerprint density at radius 3 is 2.67 bits per heavy atom. The summed E-state index contributed by atoms with van der Waals surface area (Å²) in [7, 11) is 1.59. The number of rotatable bonds is 7. The summed E-state index contributed by atoms with van der Waals surface area (Å²) in [6.07, 6.45) is 1.63. The Balaban J connectivity index is 1.36. The molecule has 4 aromatic rings. The van der Waals surface area contributed by atoms with E-state index in [1.165, 1.54) is 5.56 Å². The Kier molecular flexibility index (Phi) is 5.52. The lowest BCUT2D eigenvalue weighted by atomic mass is 10.0. The average molecular weight is 406 g/mol. The number of benzene rings is 2. The van der Waals surface area contributed by atoms with Gasteiger partial charge in [0.2, 0.25) is 5.82 Å². The summed E-state index contributed by atoms with van der Waals surface area (Å²) >= 11 is 0. The van der Waals surface area contributed by atoms with Crippen LogP contribution in [0, 0.1) is 0 Å². The molecule has 0 saturated carbocycles. The predicted molar refractivity (Wildman–Crippen MR) is 110 cm³/mol. The molecule has 0 atom stereocenters. The third kappa shape index (κ3) is 4.20. The van der Waals surface area contributed by atoms with Gasteiger partial charge < -0.3 is 18.4 Å². The van der Waals surface area contributed by atoms with Gasteiger partial charge in [-0.25, -0.2) is 0 Å². The van der Waals surface area contributed by atoms with Crippen LogP contribution in [0.4, 0.5) is 0 Å². The molecular weight excluding hydrogens is 384 g/mol. The maximum atomic E-state index is 12.3. The largest absolute Gasteiger partial charge is 0.497 e. The van der Waals surface area contributed by atoms with Gasteiger partial charge in [-0.15, -0.1) is 0 Å². The Morgan fingerprint density at radius 2 is 1.93 bits per heavy atom. The molecule has 0 unspecified atom stereocenters. The molecule has 0 aliphatic heterocycles. The molecular formula is C23H22N2O5. The molecule has 0 bridgehead atoms. The minimum Gasteiger partial charge on any atom is -0.497 e. The van der Waals surface area contributed by atoms with Crippen molar-refractivity contribution in [3.63, 3.8) is 0 Å². The number of carbonyl (C=O) groups excluding carboxylic acids is 1. The van der Waals surface area contributed by atoms with E-state index >= 15 is 0 Å². The van der Waals surface area contributed by atoms with Crippen molar-refractivity contribution in [1.82, 2.24) is 10.1 Å². The Labute approximate surface area is 173 Å². The van der Waals surface area contributed by atoms with Crippen LogP contribution in [0.25, 0.3) is 22.4 Å². The third-order valence-electron chi connectivity index (χ3n) is 4.86. The van der Waals surface area contributed by atoms with E-state index in [-0.39, 0.29) is 18.9 Å². The quantitative estimate of drug-likeness (QED) is 0.403. The fourth-order valence-corrected chi connectivity index (χ4v) is 3.12. The first-order valence-corrected chi connectivity index (χ1v) is 9.66. The molecule has 30 heavy (non-hydrogen) atoms. The summed E-state index contributed by atoms with van der Waals surface area (Å²) in [5.41, 5.74) is 3.49. The fraction of sp³-hybridized carbons (Fsp3) is 0.261. The fourth-order valence-electron chi connectivity index (χ4n) is 3.12. The second kappa shape index (κ2) is 8.41. The van der Waals surface area contributed by atoms with Crippen LogP contribution in [-0.4, -0.2) is 23.2 Å². The van der Waals surface area contributed by atoms with Crippen molar-refractivity contribution < 1.29 is 23.2 Å². The van der Waals surface area contributed by atoms with Crippen molar-refractivity contribution in [1.29, 1.82) is 0 Å². The molecule has 0 fully saturated rings. The smallest absolute Gasteiger partial charge is 0.310 e. The molecule has 0 N–H and O–H groups in total. The minimum atomic E-state index is -0.408. The number of esters is 1. The maximum absolute atomic E-state index is 12.3. The van der Waals surface area contributed by atoms with Crippen molar-refractivity contribution in [3.05, 3.63) is 65.7 Å². The number of aromatic nitrogens is 2. The number of furan rings is 1. The number of hydrogen-bond acceptors (Lipinski definition) is 7. The van der Waals surface area contributed by atoms with Crippen molar-refractivity contribution in [3.8, 4) is 17.1 Å². The van der Waals surface area contributed by atoms with Crippen molar-refractivity contribution in [2.24, 2.45) is 0 Å². The molecule has 4 rings (SSSR count). The molecule has 2 heterocycles. The summed E-state index contributed by atoms with van der Waals surface area (Å²) in [4.78, 5) is 16.6. The zero-order valence-electron chi connectivity index (χ0n) is 17.0. The van der Waals surface area contributed by atoms with E-state index in [1.807, 2.05) is 36.4 Å². The van der Waals surface area contributed by atoms with Crippen molar-refractivity contribution >= 4 is 16.9 Å². The molecule has 7 nitrogen and oxygen atoms in total. The number of methoxy groups -OCH3 is 1. The van der Waals surface area contributed by atoms with Gasteiger partial charge in [0, 0.05) is 22.6 Å². The normalized spacial score (nSPS) is 11.2. The van der Waals surface area contributed by atoms with Crippen LogP contribution in [-0.2, 0) is 22.6 Å². The van der Waals surface area contributed by atoms with Crippen LogP contribution in [0.15, 0.2) is 57.7 Å². The van der Waals surface area contributed by atoms with Gasteiger partial charge in [0.05, 0.1) is 19.8 Å². The molecule has 0 saturated heterocycles. The van der Waals surface area contributed by atoms with Gasteiger partial charge in [0.1, 0.15) is 11.3 Å². The van der Waals surface area contributed by atoms with Crippen molar-refractivity contribution in [2.75, 3.05) is 7.11 Å². The number of hydrogen-bond donors (Lipinski definition) is 0. The summed E-state index contributed by atoms with van der Waals surface area (Å²) in [5.74, 6) is 1.44. The van der Waals surface area contributed by atoms with E-state index in [0.717, 1.165) is 16.5 Å². The third-order valence-corrected chi connectivity index (χ3v) is 4.86. The first-order chi connectivity index (χ1) is 14.5. The number of nitrogens with zero attached hydrogens (tertiary/aromatic N) is 2. The molecule has 0 amide bonds. The van der Waals surface area contributed by atoms with E-state index in [1.54, 1.807) is 19.4 Å². The summed E-state index contributed by atoms with van der Waals surface area (Å²) < 4.78 is 21.2. The lowest BCUT2D eigenvalue weighted by Gasteiger charge is -2.04. The Morgan fingerprint density at radius 1 is 1.13 bits per heavy atom. The molecule has 0 aliphatic rings. The highest BCUT2D eigenvalue weighted by atomic mass is 16.6. The maximum Gasteiger partial charge on any atom is 0.310 e. The second-order valence-electron chi connectivity index (χ2n) is 7.25. The Hall–Kier alpha value is -3.61. The van der Waals surface area contributed by atoms with E-state index in [2.05, 4.69) is 24.0 Å². The molecule has 154 valence electrons. The lowest BCUT2D eigenvalue weighted by molar-refractivity contribution is -0.144. The van der Waals surface area contributed by atoms with Crippen LogP contribution in [0.5, 0.6) is 5.75 Å². The highest BCUT2D eigenvalue weighted by Crippen LogP contribution is 2.26. The minimum absolute atomic E-state index is 0.0803. The highest BCUT2D eigenvalue weighted by Gasteiger charge is 2.15. The predicted octanol–water partition coefficient (Wildman–Crippen LogP) is 4.90. The molecule has 2 aromatic heterocycles. The second-order valence-corrected chi connectivity index (χ2v) is 7.25. The van der Waals surface area contributed by atoms with E-state index < -0.39 is 5.97 Å². The topological polar surface area (TPSA) is 87.6 Å². The van der Waals surface area contributed by atoms with Gasteiger partial charge in [-0.2, -0.15) is 4.98 Å². The molecule has 0 aliphatic carbocycles. The first kappa shape index (κ1) is 19.7. The zero-order valence-corrected chi connectivity index (χ0v) is 17.0. The van der Waals surface area contributed by atoms with E-state index in [9.17, 15) is 4.79 Å². The van der Waals surface area contributed by atoms with E-state index in [4.69, 9.17) is 18.4 Å². The monoisotopic (exact) mass is 406 g/mol. The van der Waals surface area contributed by atoms with Crippen molar-refractivity contribution in [2.45, 2.75) is 32.8 Å². The summed E-state index contributed by atoms with van der Waals surface area (Å²) in [6.45, 7) is 4.19. The molecule has 7 heteroatoms. The van der Waals surface area contributed by atoms with Gasteiger partial charge >= 0.3 is 5.97 Å². The van der Waals surface area contributed by atoms with Crippen LogP contribution < -0.4 is 4.74 Å². The SMILES string of the molecule is COc1ccc2c(CC(=O)OCc3nc(-c4ccc(C(C)C)cc4)no3)coc2c1. The average Bonchev–Trinajstić information content (AvgIpc) is 3.39. The standard InChI is InChI=1S/C23H22N2O5/c1-14(2)15-4-6-16(7-5-15)23-24-21(30-25-23)13-29-22(26)10-17-12-28-20-11-18(27-3)8-9-19(17)20/h4-9,11-12,14H,10,13H2,1-3H3. The molecule has 0 spiro atoms. The zero-order chi connectivity index (χ0) is 21.1. The van der Waals surface area contributed by atoms with Gasteiger partial charge in [-0.05, 0) is 23.6 Å². The summed E-state index contributed by atoms with van der Waals surface area (Å²) in [6, 6.07) is 13.4. The number of fused-ring (bicyclic) bond motifs is 1. The summed E-state index contributed by atoms with van der Waals surface area (Å²) in [5, 5.41) is 4.81. The lowest BCUT2D eigenvalue weighted by Crippen LogP contribution is -2.07. The first-order valence-electron chi connectivity index (χ1n) is 9.66. The van der Waals surface area contributed by atoms with Crippen LogP contribution in [0.1, 0.15) is 36.8 Å². The molecule has 0 radical (unpaired) electrons. The Bertz CT molecular complexity index is 1160. The van der Waals surface area contributed by atoms with Crippen LogP contribution in [0.3, 0.4) is 0 Å². The molecule has 2 aromatic carbocycles. The highest BCUT2D eigenvalue weighted by molar-refractivity contribution is 5.86. The van der Waals surface area contributed by atoms with Gasteiger partial charge in [-0.1, -0.05) is 43.3 Å². The van der Waals surface area contributed by atoms with Gasteiger partial charge in [-0.3, -0.25) is 4.79 Å². The van der Waals surface area contributed by atoms with Gasteiger partial charge in [0.15, 0.2) is 6.61 Å². The van der Waals surface area contributed by atoms with Gasteiger partial charge in [0.25, 0.3) is 5.89 Å². The van der Waals surface area contributed by atoms with E-state index in [0.29, 0.717) is 23.1 Å².